The fourth-order valence-electron chi connectivity index (χ4n) is 2.02. The van der Waals surface area contributed by atoms with Crippen LogP contribution in [0.3, 0.4) is 0 Å². The molecule has 2 aromatic rings. The fourth-order valence-corrected chi connectivity index (χ4v) is 2.02. The van der Waals surface area contributed by atoms with Crippen molar-refractivity contribution >= 4 is 0 Å². The summed E-state index contributed by atoms with van der Waals surface area (Å²) < 4.78 is 1.28. The summed E-state index contributed by atoms with van der Waals surface area (Å²) in [5, 5.41) is 14.3. The molecule has 0 unspecified atom stereocenters. The van der Waals surface area contributed by atoms with Crippen molar-refractivity contribution in [1.29, 1.82) is 0 Å². The zero-order chi connectivity index (χ0) is 13.3. The first-order valence-electron chi connectivity index (χ1n) is 5.91. The van der Waals surface area contributed by atoms with E-state index in [-0.39, 0.29) is 11.3 Å². The molecule has 1 heterocycles. The summed E-state index contributed by atoms with van der Waals surface area (Å²) in [4.78, 5) is 12.2. The van der Waals surface area contributed by atoms with Gasteiger partial charge in [-0.2, -0.15) is 5.10 Å². The number of hydrogen-bond donors (Lipinski definition) is 1. The van der Waals surface area contributed by atoms with E-state index in [9.17, 15) is 9.90 Å². The van der Waals surface area contributed by atoms with Crippen LogP contribution in [0, 0.1) is 6.92 Å². The van der Waals surface area contributed by atoms with Crippen LogP contribution < -0.4 is 5.56 Å². The van der Waals surface area contributed by atoms with Gasteiger partial charge < -0.3 is 5.11 Å². The van der Waals surface area contributed by atoms with Crippen LogP contribution >= 0.6 is 0 Å². The van der Waals surface area contributed by atoms with Gasteiger partial charge in [0.25, 0.3) is 5.56 Å². The largest absolute Gasteiger partial charge is 0.505 e. The number of benzene rings is 1. The predicted molar refractivity (Wildman–Crippen MR) is 70.7 cm³/mol. The molecule has 0 radical (unpaired) electrons. The van der Waals surface area contributed by atoms with Gasteiger partial charge >= 0.3 is 0 Å². The lowest BCUT2D eigenvalue weighted by Crippen LogP contribution is -2.23. The summed E-state index contributed by atoms with van der Waals surface area (Å²) in [6.45, 7) is 3.81. The van der Waals surface area contributed by atoms with E-state index in [2.05, 4.69) is 5.10 Å². The minimum Gasteiger partial charge on any atom is -0.505 e. The zero-order valence-electron chi connectivity index (χ0n) is 10.8. The Morgan fingerprint density at radius 1 is 1.33 bits per heavy atom. The Kier molecular flexibility index (Phi) is 3.19. The molecule has 1 N–H and O–H groups in total. The number of rotatable bonds is 2. The number of aromatic hydroxyl groups is 1. The maximum atomic E-state index is 12.2. The van der Waals surface area contributed by atoms with Crippen molar-refractivity contribution in [2.24, 2.45) is 7.05 Å². The molecule has 0 aliphatic carbocycles. The maximum Gasteiger partial charge on any atom is 0.278 e. The molecule has 0 bridgehead atoms. The van der Waals surface area contributed by atoms with Gasteiger partial charge in [0, 0.05) is 7.05 Å². The molecule has 4 nitrogen and oxygen atoms in total. The van der Waals surface area contributed by atoms with E-state index in [1.165, 1.54) is 4.68 Å². The topological polar surface area (TPSA) is 55.1 Å². The lowest BCUT2D eigenvalue weighted by Gasteiger charge is -2.11. The quantitative estimate of drug-likeness (QED) is 0.879. The third-order valence-corrected chi connectivity index (χ3v) is 3.04. The molecule has 0 spiro atoms. The molecule has 1 aromatic carbocycles. The van der Waals surface area contributed by atoms with Crippen molar-refractivity contribution < 1.29 is 5.11 Å². The normalized spacial score (nSPS) is 10.6. The van der Waals surface area contributed by atoms with Crippen LogP contribution in [0.2, 0.25) is 0 Å². The Bertz CT molecular complexity index is 645. The number of nitrogens with zero attached hydrogens (tertiary/aromatic N) is 2. The van der Waals surface area contributed by atoms with Gasteiger partial charge in [0.2, 0.25) is 0 Å². The van der Waals surface area contributed by atoms with Crippen LogP contribution in [0.5, 0.6) is 5.75 Å². The third-order valence-electron chi connectivity index (χ3n) is 3.04. The van der Waals surface area contributed by atoms with E-state index >= 15 is 0 Å². The Morgan fingerprint density at radius 2 is 2.00 bits per heavy atom. The van der Waals surface area contributed by atoms with Gasteiger partial charge in [0.05, 0.1) is 5.56 Å². The average Bonchev–Trinajstić information content (AvgIpc) is 2.36. The molecule has 18 heavy (non-hydrogen) atoms. The van der Waals surface area contributed by atoms with Crippen molar-refractivity contribution in [3.8, 4) is 16.9 Å². The Balaban J connectivity index is 2.83. The summed E-state index contributed by atoms with van der Waals surface area (Å²) in [6.07, 6.45) is 0.582. The molecule has 4 heteroatoms. The number of hydrogen-bond acceptors (Lipinski definition) is 3. The van der Waals surface area contributed by atoms with Crippen LogP contribution in [0.25, 0.3) is 11.1 Å². The molecule has 0 amide bonds. The number of aryl methyl sites for hydroxylation is 3. The first-order chi connectivity index (χ1) is 8.56. The summed E-state index contributed by atoms with van der Waals surface area (Å²) in [5.74, 6) is -0.00472. The van der Waals surface area contributed by atoms with E-state index in [4.69, 9.17) is 0 Å². The summed E-state index contributed by atoms with van der Waals surface area (Å²) in [5.41, 5.74) is 2.31. The van der Waals surface area contributed by atoms with Crippen LogP contribution in [0.1, 0.15) is 18.2 Å². The molecular weight excluding hydrogens is 228 g/mol. The molecular formula is C14H16N2O2. The zero-order valence-corrected chi connectivity index (χ0v) is 10.8. The van der Waals surface area contributed by atoms with E-state index in [0.29, 0.717) is 17.7 Å². The summed E-state index contributed by atoms with van der Waals surface area (Å²) >= 11 is 0. The van der Waals surface area contributed by atoms with Crippen LogP contribution in [-0.2, 0) is 13.5 Å². The highest BCUT2D eigenvalue weighted by Gasteiger charge is 2.17. The summed E-state index contributed by atoms with van der Waals surface area (Å²) in [7, 11) is 1.60. The first-order valence-corrected chi connectivity index (χ1v) is 5.91. The van der Waals surface area contributed by atoms with Crippen molar-refractivity contribution in [2.45, 2.75) is 20.3 Å². The monoisotopic (exact) mass is 244 g/mol. The molecule has 0 saturated heterocycles. The minimum atomic E-state index is -0.279. The van der Waals surface area contributed by atoms with Crippen molar-refractivity contribution in [2.75, 3.05) is 0 Å². The molecule has 94 valence electrons. The lowest BCUT2D eigenvalue weighted by molar-refractivity contribution is 0.457. The number of aromatic nitrogens is 2. The standard InChI is InChI=1S/C14H16N2O2/c1-4-11-13(17)12(14(18)16(3)15-11)10-8-6-5-7-9(10)2/h5-8,17H,4H2,1-3H3. The molecule has 0 atom stereocenters. The molecule has 0 aliphatic heterocycles. The first kappa shape index (κ1) is 12.4. The van der Waals surface area contributed by atoms with Gasteiger partial charge in [0.1, 0.15) is 5.69 Å². The van der Waals surface area contributed by atoms with Gasteiger partial charge in [-0.15, -0.1) is 0 Å². The molecule has 1 aromatic heterocycles. The third kappa shape index (κ3) is 1.90. The highest BCUT2D eigenvalue weighted by molar-refractivity contribution is 5.72. The Hall–Kier alpha value is -2.10. The molecule has 0 saturated carbocycles. The Morgan fingerprint density at radius 3 is 2.61 bits per heavy atom. The molecule has 0 aliphatic rings. The van der Waals surface area contributed by atoms with Crippen LogP contribution in [-0.4, -0.2) is 14.9 Å². The fraction of sp³-hybridized carbons (Fsp3) is 0.286. The van der Waals surface area contributed by atoms with Gasteiger partial charge in [-0.3, -0.25) is 4.79 Å². The maximum absolute atomic E-state index is 12.2. The highest BCUT2D eigenvalue weighted by atomic mass is 16.3. The van der Waals surface area contributed by atoms with Crippen molar-refractivity contribution in [3.63, 3.8) is 0 Å². The SMILES string of the molecule is CCc1nn(C)c(=O)c(-c2ccccc2C)c1O. The van der Waals surface area contributed by atoms with Gasteiger partial charge in [-0.1, -0.05) is 31.2 Å². The van der Waals surface area contributed by atoms with Gasteiger partial charge in [-0.25, -0.2) is 4.68 Å². The predicted octanol–water partition coefficient (Wildman–Crippen LogP) is 2.02. The summed E-state index contributed by atoms with van der Waals surface area (Å²) in [6, 6.07) is 7.51. The van der Waals surface area contributed by atoms with Gasteiger partial charge in [0.15, 0.2) is 5.75 Å². The lowest BCUT2D eigenvalue weighted by atomic mass is 10.0. The minimum absolute atomic E-state index is 0.00472. The van der Waals surface area contributed by atoms with Crippen molar-refractivity contribution in [3.05, 3.63) is 45.9 Å². The van der Waals surface area contributed by atoms with Crippen LogP contribution in [0.4, 0.5) is 0 Å². The molecule has 0 fully saturated rings. The molecule has 2 rings (SSSR count). The van der Waals surface area contributed by atoms with Crippen molar-refractivity contribution in [1.82, 2.24) is 9.78 Å². The van der Waals surface area contributed by atoms with E-state index < -0.39 is 0 Å². The second-order valence-electron chi connectivity index (χ2n) is 4.27. The van der Waals surface area contributed by atoms with E-state index in [1.807, 2.05) is 38.1 Å². The Labute approximate surface area is 106 Å². The smallest absolute Gasteiger partial charge is 0.278 e. The second kappa shape index (κ2) is 4.64. The van der Waals surface area contributed by atoms with Crippen LogP contribution in [0.15, 0.2) is 29.1 Å². The van der Waals surface area contributed by atoms with Gasteiger partial charge in [-0.05, 0) is 24.5 Å². The second-order valence-corrected chi connectivity index (χ2v) is 4.27. The van der Waals surface area contributed by atoms with E-state index in [1.54, 1.807) is 7.05 Å². The average molecular weight is 244 g/mol. The van der Waals surface area contributed by atoms with E-state index in [0.717, 1.165) is 11.1 Å². The highest BCUT2D eigenvalue weighted by Crippen LogP contribution is 2.29.